The van der Waals surface area contributed by atoms with Crippen molar-refractivity contribution in [2.45, 2.75) is 12.5 Å². The van der Waals surface area contributed by atoms with E-state index in [4.69, 9.17) is 5.73 Å². The maximum Gasteiger partial charge on any atom is 0.263 e. The lowest BCUT2D eigenvalue weighted by molar-refractivity contribution is 0.0795. The SMILES string of the molecule is NC1CCN(C(=O)c2cccs2)C1. The van der Waals surface area contributed by atoms with Crippen molar-refractivity contribution in [3.05, 3.63) is 22.4 Å². The summed E-state index contributed by atoms with van der Waals surface area (Å²) in [5.41, 5.74) is 5.73. The molecule has 1 aromatic heterocycles. The van der Waals surface area contributed by atoms with Gasteiger partial charge in [0.15, 0.2) is 0 Å². The Morgan fingerprint density at radius 2 is 2.54 bits per heavy atom. The summed E-state index contributed by atoms with van der Waals surface area (Å²) >= 11 is 1.49. The van der Waals surface area contributed by atoms with Crippen LogP contribution in [-0.4, -0.2) is 29.9 Å². The van der Waals surface area contributed by atoms with E-state index >= 15 is 0 Å². The van der Waals surface area contributed by atoms with Gasteiger partial charge in [-0.1, -0.05) is 6.07 Å². The van der Waals surface area contributed by atoms with Crippen molar-refractivity contribution in [3.8, 4) is 0 Å². The van der Waals surface area contributed by atoms with E-state index < -0.39 is 0 Å². The summed E-state index contributed by atoms with van der Waals surface area (Å²) in [6.07, 6.45) is 0.928. The fourth-order valence-corrected chi connectivity index (χ4v) is 2.22. The van der Waals surface area contributed by atoms with Crippen molar-refractivity contribution >= 4 is 17.2 Å². The zero-order valence-corrected chi connectivity index (χ0v) is 8.09. The van der Waals surface area contributed by atoms with Crippen LogP contribution in [0.1, 0.15) is 16.1 Å². The number of nitrogens with zero attached hydrogens (tertiary/aromatic N) is 1. The lowest BCUT2D eigenvalue weighted by Crippen LogP contribution is -2.31. The molecule has 2 heterocycles. The molecular weight excluding hydrogens is 184 g/mol. The highest BCUT2D eigenvalue weighted by Gasteiger charge is 2.24. The number of likely N-dealkylation sites (tertiary alicyclic amines) is 1. The van der Waals surface area contributed by atoms with Gasteiger partial charge in [0.25, 0.3) is 5.91 Å². The van der Waals surface area contributed by atoms with E-state index in [1.807, 2.05) is 22.4 Å². The zero-order valence-electron chi connectivity index (χ0n) is 7.27. The van der Waals surface area contributed by atoms with E-state index in [-0.39, 0.29) is 11.9 Å². The number of thiophene rings is 1. The third kappa shape index (κ3) is 1.73. The van der Waals surface area contributed by atoms with Crippen LogP contribution < -0.4 is 5.73 Å². The second-order valence-corrected chi connectivity index (χ2v) is 4.22. The van der Waals surface area contributed by atoms with Gasteiger partial charge in [-0.3, -0.25) is 4.79 Å². The van der Waals surface area contributed by atoms with Crippen molar-refractivity contribution in [3.63, 3.8) is 0 Å². The smallest absolute Gasteiger partial charge is 0.263 e. The number of hydrogen-bond acceptors (Lipinski definition) is 3. The van der Waals surface area contributed by atoms with Crippen LogP contribution in [0.25, 0.3) is 0 Å². The molecule has 4 heteroatoms. The molecule has 0 radical (unpaired) electrons. The molecule has 0 saturated carbocycles. The number of rotatable bonds is 1. The van der Waals surface area contributed by atoms with Crippen LogP contribution in [-0.2, 0) is 0 Å². The Labute approximate surface area is 81.2 Å². The number of hydrogen-bond donors (Lipinski definition) is 1. The molecule has 1 amide bonds. The Morgan fingerprint density at radius 1 is 1.69 bits per heavy atom. The molecule has 2 N–H and O–H groups in total. The van der Waals surface area contributed by atoms with Crippen molar-refractivity contribution in [2.24, 2.45) is 5.73 Å². The molecular formula is C9H12N2OS. The number of nitrogens with two attached hydrogens (primary N) is 1. The minimum absolute atomic E-state index is 0.128. The van der Waals surface area contributed by atoms with E-state index in [2.05, 4.69) is 0 Å². The predicted molar refractivity (Wildman–Crippen MR) is 52.8 cm³/mol. The number of carbonyl (C=O) groups excluding carboxylic acids is 1. The summed E-state index contributed by atoms with van der Waals surface area (Å²) in [4.78, 5) is 14.4. The van der Waals surface area contributed by atoms with E-state index in [9.17, 15) is 4.79 Å². The van der Waals surface area contributed by atoms with Gasteiger partial charge in [0.05, 0.1) is 4.88 Å². The molecule has 1 unspecified atom stereocenters. The summed E-state index contributed by atoms with van der Waals surface area (Å²) in [6.45, 7) is 1.51. The average molecular weight is 196 g/mol. The molecule has 70 valence electrons. The molecule has 1 saturated heterocycles. The Kier molecular flexibility index (Phi) is 2.33. The van der Waals surface area contributed by atoms with Gasteiger partial charge in [0, 0.05) is 19.1 Å². The quantitative estimate of drug-likeness (QED) is 0.726. The predicted octanol–water partition coefficient (Wildman–Crippen LogP) is 0.921. The van der Waals surface area contributed by atoms with Crippen LogP contribution in [0.15, 0.2) is 17.5 Å². The fourth-order valence-electron chi connectivity index (χ4n) is 1.53. The second kappa shape index (κ2) is 3.47. The number of carbonyl (C=O) groups is 1. The molecule has 0 bridgehead atoms. The molecule has 1 aliphatic rings. The van der Waals surface area contributed by atoms with Gasteiger partial charge < -0.3 is 10.6 Å². The molecule has 1 atom stereocenters. The summed E-state index contributed by atoms with van der Waals surface area (Å²) in [5, 5.41) is 1.92. The Morgan fingerprint density at radius 3 is 3.08 bits per heavy atom. The van der Waals surface area contributed by atoms with Crippen molar-refractivity contribution < 1.29 is 4.79 Å². The Balaban J connectivity index is 2.06. The highest BCUT2D eigenvalue weighted by molar-refractivity contribution is 7.12. The van der Waals surface area contributed by atoms with Crippen LogP contribution in [0.3, 0.4) is 0 Å². The minimum Gasteiger partial charge on any atom is -0.336 e. The zero-order chi connectivity index (χ0) is 9.26. The first-order chi connectivity index (χ1) is 6.27. The van der Waals surface area contributed by atoms with Crippen molar-refractivity contribution in [2.75, 3.05) is 13.1 Å². The van der Waals surface area contributed by atoms with Gasteiger partial charge in [0.2, 0.25) is 0 Å². The molecule has 0 aromatic carbocycles. The van der Waals surface area contributed by atoms with Crippen molar-refractivity contribution in [1.82, 2.24) is 4.90 Å². The maximum absolute atomic E-state index is 11.7. The second-order valence-electron chi connectivity index (χ2n) is 3.28. The molecule has 13 heavy (non-hydrogen) atoms. The van der Waals surface area contributed by atoms with Gasteiger partial charge in [-0.05, 0) is 17.9 Å². The summed E-state index contributed by atoms with van der Waals surface area (Å²) in [5.74, 6) is 0.128. The first-order valence-electron chi connectivity index (χ1n) is 4.36. The molecule has 2 rings (SSSR count). The summed E-state index contributed by atoms with van der Waals surface area (Å²) in [6, 6.07) is 3.92. The van der Waals surface area contributed by atoms with Crippen LogP contribution in [0, 0.1) is 0 Å². The van der Waals surface area contributed by atoms with Crippen LogP contribution >= 0.6 is 11.3 Å². The Bertz CT molecular complexity index is 297. The first-order valence-corrected chi connectivity index (χ1v) is 5.23. The molecule has 0 aliphatic carbocycles. The summed E-state index contributed by atoms with van der Waals surface area (Å²) in [7, 11) is 0. The lowest BCUT2D eigenvalue weighted by atomic mass is 10.3. The van der Waals surface area contributed by atoms with E-state index in [0.29, 0.717) is 6.54 Å². The maximum atomic E-state index is 11.7. The number of amides is 1. The van der Waals surface area contributed by atoms with Crippen LogP contribution in [0.4, 0.5) is 0 Å². The largest absolute Gasteiger partial charge is 0.336 e. The fraction of sp³-hybridized carbons (Fsp3) is 0.444. The molecule has 1 fully saturated rings. The molecule has 1 aromatic rings. The third-order valence-electron chi connectivity index (χ3n) is 2.24. The summed E-state index contributed by atoms with van der Waals surface area (Å²) < 4.78 is 0. The van der Waals surface area contributed by atoms with E-state index in [0.717, 1.165) is 17.8 Å². The van der Waals surface area contributed by atoms with E-state index in [1.165, 1.54) is 11.3 Å². The molecule has 3 nitrogen and oxygen atoms in total. The van der Waals surface area contributed by atoms with Gasteiger partial charge in [-0.15, -0.1) is 11.3 Å². The van der Waals surface area contributed by atoms with Gasteiger partial charge >= 0.3 is 0 Å². The van der Waals surface area contributed by atoms with Gasteiger partial charge in [0.1, 0.15) is 0 Å². The molecule has 0 spiro atoms. The Hall–Kier alpha value is -0.870. The van der Waals surface area contributed by atoms with Gasteiger partial charge in [-0.25, -0.2) is 0 Å². The highest BCUT2D eigenvalue weighted by atomic mass is 32.1. The minimum atomic E-state index is 0.128. The normalized spacial score (nSPS) is 22.2. The lowest BCUT2D eigenvalue weighted by Gasteiger charge is -2.13. The van der Waals surface area contributed by atoms with Crippen LogP contribution in [0.5, 0.6) is 0 Å². The van der Waals surface area contributed by atoms with E-state index in [1.54, 1.807) is 0 Å². The first kappa shape index (κ1) is 8.72. The van der Waals surface area contributed by atoms with Gasteiger partial charge in [-0.2, -0.15) is 0 Å². The third-order valence-corrected chi connectivity index (χ3v) is 3.10. The van der Waals surface area contributed by atoms with Crippen LogP contribution in [0.2, 0.25) is 0 Å². The highest BCUT2D eigenvalue weighted by Crippen LogP contribution is 2.15. The monoisotopic (exact) mass is 196 g/mol. The van der Waals surface area contributed by atoms with Crippen molar-refractivity contribution in [1.29, 1.82) is 0 Å². The standard InChI is InChI=1S/C9H12N2OS/c10-7-3-4-11(6-7)9(12)8-2-1-5-13-8/h1-2,5,7H,3-4,6,10H2. The average Bonchev–Trinajstić information content (AvgIpc) is 2.72. The molecule has 1 aliphatic heterocycles. The topological polar surface area (TPSA) is 46.3 Å².